The Bertz CT molecular complexity index is 358. The summed E-state index contributed by atoms with van der Waals surface area (Å²) < 4.78 is 0. The van der Waals surface area contributed by atoms with Gasteiger partial charge in [0.2, 0.25) is 0 Å². The maximum Gasteiger partial charge on any atom is 0.0730 e. The summed E-state index contributed by atoms with van der Waals surface area (Å²) >= 11 is 4.92. The van der Waals surface area contributed by atoms with Crippen LogP contribution in [0.4, 0.5) is 0 Å². The lowest BCUT2D eigenvalue weighted by molar-refractivity contribution is 0.605. The highest BCUT2D eigenvalue weighted by Gasteiger charge is 2.07. The van der Waals surface area contributed by atoms with Crippen LogP contribution in [0.2, 0.25) is 0 Å². The second-order valence-electron chi connectivity index (χ2n) is 4.41. The Hall–Kier alpha value is -0.890. The maximum absolute atomic E-state index is 5.54. The third-order valence-electron chi connectivity index (χ3n) is 2.62. The first kappa shape index (κ1) is 12.2. The lowest BCUT2D eigenvalue weighted by atomic mass is 9.94. The van der Waals surface area contributed by atoms with Crippen LogP contribution in [0.25, 0.3) is 0 Å². The van der Waals surface area contributed by atoms with Crippen LogP contribution in [0.5, 0.6) is 0 Å². The van der Waals surface area contributed by atoms with Gasteiger partial charge in [0.1, 0.15) is 0 Å². The van der Waals surface area contributed by atoms with Crippen LogP contribution in [0, 0.1) is 19.8 Å². The average Bonchev–Trinajstić information content (AvgIpc) is 2.08. The van der Waals surface area contributed by atoms with Crippen molar-refractivity contribution < 1.29 is 0 Å². The largest absolute Gasteiger partial charge is 0.393 e. The Morgan fingerprint density at radius 1 is 1.40 bits per heavy atom. The van der Waals surface area contributed by atoms with E-state index in [-0.39, 0.29) is 0 Å². The van der Waals surface area contributed by atoms with E-state index in [1.807, 2.05) is 0 Å². The first-order chi connectivity index (χ1) is 6.99. The van der Waals surface area contributed by atoms with Crippen molar-refractivity contribution in [3.8, 4) is 0 Å². The molecule has 0 bridgehead atoms. The Labute approximate surface area is 97.7 Å². The number of benzene rings is 1. The molecule has 0 amide bonds. The van der Waals surface area contributed by atoms with E-state index < -0.39 is 0 Å². The molecule has 0 heterocycles. The Kier molecular flexibility index (Phi) is 4.28. The van der Waals surface area contributed by atoms with Crippen molar-refractivity contribution in [2.75, 3.05) is 0 Å². The van der Waals surface area contributed by atoms with Gasteiger partial charge in [-0.2, -0.15) is 0 Å². The third kappa shape index (κ3) is 4.00. The number of hydrogen-bond donors (Lipinski definition) is 1. The fourth-order valence-corrected chi connectivity index (χ4v) is 2.15. The van der Waals surface area contributed by atoms with Crippen LogP contribution < -0.4 is 5.73 Å². The predicted molar refractivity (Wildman–Crippen MR) is 70.2 cm³/mol. The summed E-state index contributed by atoms with van der Waals surface area (Å²) in [6.45, 7) is 6.48. The second kappa shape index (κ2) is 5.26. The van der Waals surface area contributed by atoms with Gasteiger partial charge < -0.3 is 5.73 Å². The number of nitrogens with two attached hydrogens (primary N) is 1. The van der Waals surface area contributed by atoms with E-state index in [1.165, 1.54) is 16.7 Å². The zero-order chi connectivity index (χ0) is 11.4. The molecule has 0 saturated carbocycles. The molecule has 1 atom stereocenters. The summed E-state index contributed by atoms with van der Waals surface area (Å²) in [7, 11) is 0. The quantitative estimate of drug-likeness (QED) is 0.790. The number of hydrogen-bond acceptors (Lipinski definition) is 1. The molecule has 0 aliphatic rings. The molecule has 0 aliphatic carbocycles. The van der Waals surface area contributed by atoms with Crippen molar-refractivity contribution in [2.45, 2.75) is 33.6 Å². The van der Waals surface area contributed by atoms with Gasteiger partial charge in [0.05, 0.1) is 4.99 Å². The first-order valence-corrected chi connectivity index (χ1v) is 5.74. The fraction of sp³-hybridized carbons (Fsp3) is 0.462. The lowest BCUT2D eigenvalue weighted by Gasteiger charge is -2.12. The average molecular weight is 221 g/mol. The molecule has 0 aliphatic heterocycles. The molecule has 0 spiro atoms. The summed E-state index contributed by atoms with van der Waals surface area (Å²) in [5.74, 6) is 0.531. The Morgan fingerprint density at radius 3 is 2.60 bits per heavy atom. The van der Waals surface area contributed by atoms with E-state index in [0.29, 0.717) is 10.9 Å². The molecule has 0 fully saturated rings. The molecule has 82 valence electrons. The zero-order valence-corrected chi connectivity index (χ0v) is 10.5. The smallest absolute Gasteiger partial charge is 0.0730 e. The van der Waals surface area contributed by atoms with Gasteiger partial charge >= 0.3 is 0 Å². The number of aryl methyl sites for hydroxylation is 2. The van der Waals surface area contributed by atoms with Gasteiger partial charge in [0.25, 0.3) is 0 Å². The maximum atomic E-state index is 5.54. The molecule has 2 N–H and O–H groups in total. The van der Waals surface area contributed by atoms with E-state index >= 15 is 0 Å². The van der Waals surface area contributed by atoms with Gasteiger partial charge in [0, 0.05) is 6.42 Å². The van der Waals surface area contributed by atoms with E-state index in [9.17, 15) is 0 Å². The molecule has 0 aromatic heterocycles. The van der Waals surface area contributed by atoms with Crippen LogP contribution in [-0.4, -0.2) is 4.99 Å². The summed E-state index contributed by atoms with van der Waals surface area (Å²) in [5, 5.41) is 0. The molecular weight excluding hydrogens is 202 g/mol. The third-order valence-corrected chi connectivity index (χ3v) is 2.78. The normalized spacial score (nSPS) is 12.5. The van der Waals surface area contributed by atoms with Gasteiger partial charge in [-0.25, -0.2) is 0 Å². The monoisotopic (exact) mass is 221 g/mol. The molecule has 1 unspecified atom stereocenters. The van der Waals surface area contributed by atoms with Crippen LogP contribution >= 0.6 is 12.2 Å². The van der Waals surface area contributed by atoms with Crippen LogP contribution in [-0.2, 0) is 6.42 Å². The van der Waals surface area contributed by atoms with E-state index in [1.54, 1.807) is 0 Å². The minimum absolute atomic E-state index is 0.531. The van der Waals surface area contributed by atoms with Crippen LogP contribution in [0.15, 0.2) is 18.2 Å². The van der Waals surface area contributed by atoms with E-state index in [0.717, 1.165) is 12.8 Å². The van der Waals surface area contributed by atoms with Crippen molar-refractivity contribution in [3.63, 3.8) is 0 Å². The molecule has 1 aromatic rings. The van der Waals surface area contributed by atoms with Gasteiger partial charge in [-0.05, 0) is 37.3 Å². The Morgan fingerprint density at radius 2 is 2.07 bits per heavy atom. The minimum Gasteiger partial charge on any atom is -0.393 e. The van der Waals surface area contributed by atoms with Crippen molar-refractivity contribution >= 4 is 17.2 Å². The molecule has 15 heavy (non-hydrogen) atoms. The van der Waals surface area contributed by atoms with Crippen LogP contribution in [0.3, 0.4) is 0 Å². The molecule has 2 heteroatoms. The molecular formula is C13H19NS. The summed E-state index contributed by atoms with van der Waals surface area (Å²) in [4.78, 5) is 0.618. The molecule has 0 radical (unpaired) electrons. The summed E-state index contributed by atoms with van der Waals surface area (Å²) in [6.07, 6.45) is 1.89. The number of thiocarbonyl (C=S) groups is 1. The van der Waals surface area contributed by atoms with Gasteiger partial charge in [0.15, 0.2) is 0 Å². The Balaban J connectivity index is 2.68. The minimum atomic E-state index is 0.531. The topological polar surface area (TPSA) is 26.0 Å². The standard InChI is InChI=1S/C13H19NS/c1-9-4-5-12(11(3)6-9)7-10(2)8-13(14)15/h4-6,10H,7-8H2,1-3H3,(H2,14,15). The van der Waals surface area contributed by atoms with E-state index in [4.69, 9.17) is 18.0 Å². The molecule has 1 nitrogen and oxygen atoms in total. The molecule has 1 aromatic carbocycles. The highest BCUT2D eigenvalue weighted by atomic mass is 32.1. The summed E-state index contributed by atoms with van der Waals surface area (Å²) in [6, 6.07) is 6.60. The highest BCUT2D eigenvalue weighted by Crippen LogP contribution is 2.16. The van der Waals surface area contributed by atoms with Gasteiger partial charge in [-0.3, -0.25) is 0 Å². The van der Waals surface area contributed by atoms with Gasteiger partial charge in [-0.1, -0.05) is 42.9 Å². The summed E-state index contributed by atoms with van der Waals surface area (Å²) in [5.41, 5.74) is 9.63. The molecule has 1 rings (SSSR count). The molecule has 0 saturated heterocycles. The van der Waals surface area contributed by atoms with Crippen molar-refractivity contribution in [1.82, 2.24) is 0 Å². The van der Waals surface area contributed by atoms with Crippen molar-refractivity contribution in [2.24, 2.45) is 11.7 Å². The SMILES string of the molecule is Cc1ccc(CC(C)CC(N)=S)c(C)c1. The highest BCUT2D eigenvalue weighted by molar-refractivity contribution is 7.80. The number of rotatable bonds is 4. The fourth-order valence-electron chi connectivity index (χ4n) is 1.87. The zero-order valence-electron chi connectivity index (χ0n) is 9.71. The predicted octanol–water partition coefficient (Wildman–Crippen LogP) is 3.16. The van der Waals surface area contributed by atoms with Crippen LogP contribution in [0.1, 0.15) is 30.0 Å². The van der Waals surface area contributed by atoms with E-state index in [2.05, 4.69) is 39.0 Å². The lowest BCUT2D eigenvalue weighted by Crippen LogP contribution is -2.14. The van der Waals surface area contributed by atoms with Gasteiger partial charge in [-0.15, -0.1) is 0 Å². The van der Waals surface area contributed by atoms with Crippen molar-refractivity contribution in [3.05, 3.63) is 34.9 Å². The first-order valence-electron chi connectivity index (χ1n) is 5.33. The van der Waals surface area contributed by atoms with Crippen molar-refractivity contribution in [1.29, 1.82) is 0 Å². The second-order valence-corrected chi connectivity index (χ2v) is 4.93.